The smallest absolute Gasteiger partial charge is 0.239 e. The van der Waals surface area contributed by atoms with E-state index in [1.165, 1.54) is 0 Å². The Labute approximate surface area is 188 Å². The Balaban J connectivity index is 0.00000420. The molecule has 2 rings (SSSR count). The number of hydrogen-bond donors (Lipinski definition) is 3. The summed E-state index contributed by atoms with van der Waals surface area (Å²) in [6, 6.07) is 7.54. The van der Waals surface area contributed by atoms with E-state index in [1.807, 2.05) is 24.3 Å². The lowest BCUT2D eigenvalue weighted by atomic mass is 9.94. The third-order valence-corrected chi connectivity index (χ3v) is 3.99. The molecule has 1 amide bonds. The van der Waals surface area contributed by atoms with Crippen molar-refractivity contribution in [1.29, 1.82) is 0 Å². The summed E-state index contributed by atoms with van der Waals surface area (Å²) in [6.07, 6.45) is 1.74. The highest BCUT2D eigenvalue weighted by atomic mass is 127. The summed E-state index contributed by atoms with van der Waals surface area (Å²) in [5.74, 6) is 2.54. The Hall–Kier alpha value is -2.30. The Kier molecular flexibility index (Phi) is 9.93. The van der Waals surface area contributed by atoms with Crippen LogP contribution < -0.4 is 20.7 Å². The van der Waals surface area contributed by atoms with Gasteiger partial charge in [-0.05, 0) is 17.7 Å². The number of guanidine groups is 1. The van der Waals surface area contributed by atoms with E-state index in [-0.39, 0.29) is 41.8 Å². The monoisotopic (exact) mass is 515 g/mol. The first-order valence-electron chi connectivity index (χ1n) is 9.11. The molecule has 29 heavy (non-hydrogen) atoms. The molecule has 1 aromatic heterocycles. The number of halogens is 1. The van der Waals surface area contributed by atoms with Crippen LogP contribution in [-0.4, -0.2) is 37.6 Å². The fraction of sp³-hybridized carbons (Fsp3) is 0.450. The van der Waals surface area contributed by atoms with Crippen molar-refractivity contribution < 1.29 is 13.9 Å². The highest BCUT2D eigenvalue weighted by Crippen LogP contribution is 2.22. The molecule has 0 aliphatic heterocycles. The third-order valence-electron chi connectivity index (χ3n) is 3.99. The molecule has 2 aromatic rings. The van der Waals surface area contributed by atoms with Crippen molar-refractivity contribution in [2.24, 2.45) is 4.99 Å². The number of carbonyl (C=O) groups excluding carboxylic acids is 1. The van der Waals surface area contributed by atoms with Crippen LogP contribution in [0, 0.1) is 0 Å². The van der Waals surface area contributed by atoms with Crippen LogP contribution >= 0.6 is 24.0 Å². The largest absolute Gasteiger partial charge is 0.497 e. The van der Waals surface area contributed by atoms with Gasteiger partial charge in [-0.1, -0.05) is 32.9 Å². The van der Waals surface area contributed by atoms with Crippen LogP contribution in [0.3, 0.4) is 0 Å². The van der Waals surface area contributed by atoms with Gasteiger partial charge in [0.15, 0.2) is 5.96 Å². The first-order valence-corrected chi connectivity index (χ1v) is 9.11. The van der Waals surface area contributed by atoms with Crippen molar-refractivity contribution in [1.82, 2.24) is 20.9 Å². The Bertz CT molecular complexity index is 797. The minimum absolute atomic E-state index is 0. The standard InChI is InChI=1S/C20H29N5O3.HI/c1-20(2,3)16-11-23-18(28-16)13-25-19(21-4)24-12-17(26)22-10-14-6-8-15(27-5)9-7-14;/h6-9,11H,10,12-13H2,1-5H3,(H,22,26)(H2,21,24,25);1H. The van der Waals surface area contributed by atoms with Gasteiger partial charge in [0.1, 0.15) is 11.5 Å². The van der Waals surface area contributed by atoms with Gasteiger partial charge in [0.25, 0.3) is 0 Å². The van der Waals surface area contributed by atoms with Crippen LogP contribution in [0.5, 0.6) is 5.75 Å². The molecule has 160 valence electrons. The number of ether oxygens (including phenoxy) is 1. The van der Waals surface area contributed by atoms with Gasteiger partial charge < -0.3 is 25.1 Å². The summed E-state index contributed by atoms with van der Waals surface area (Å²) in [4.78, 5) is 20.4. The molecule has 0 radical (unpaired) electrons. The average molecular weight is 515 g/mol. The van der Waals surface area contributed by atoms with Gasteiger partial charge in [-0.2, -0.15) is 0 Å². The number of hydrogen-bond acceptors (Lipinski definition) is 5. The van der Waals surface area contributed by atoms with Crippen LogP contribution in [0.25, 0.3) is 0 Å². The molecule has 0 aliphatic carbocycles. The lowest BCUT2D eigenvalue weighted by Gasteiger charge is -2.13. The van der Waals surface area contributed by atoms with E-state index in [2.05, 4.69) is 46.7 Å². The zero-order chi connectivity index (χ0) is 20.6. The fourth-order valence-electron chi connectivity index (χ4n) is 2.29. The third kappa shape index (κ3) is 8.30. The molecule has 8 nitrogen and oxygen atoms in total. The zero-order valence-corrected chi connectivity index (χ0v) is 19.9. The lowest BCUT2D eigenvalue weighted by molar-refractivity contribution is -0.120. The van der Waals surface area contributed by atoms with Crippen molar-refractivity contribution in [3.8, 4) is 5.75 Å². The molecule has 0 saturated carbocycles. The maximum Gasteiger partial charge on any atom is 0.239 e. The number of amides is 1. The van der Waals surface area contributed by atoms with Gasteiger partial charge >= 0.3 is 0 Å². The molecule has 1 aromatic carbocycles. The molecule has 0 bridgehead atoms. The number of aromatic nitrogens is 1. The Morgan fingerprint density at radius 2 is 1.83 bits per heavy atom. The molecule has 0 fully saturated rings. The molecule has 0 spiro atoms. The number of carbonyl (C=O) groups is 1. The maximum atomic E-state index is 12.0. The molecule has 0 unspecified atom stereocenters. The number of nitrogens with zero attached hydrogens (tertiary/aromatic N) is 2. The summed E-state index contributed by atoms with van der Waals surface area (Å²) in [7, 11) is 3.26. The van der Waals surface area contributed by atoms with Crippen molar-refractivity contribution in [2.45, 2.75) is 39.3 Å². The number of oxazole rings is 1. The fourth-order valence-corrected chi connectivity index (χ4v) is 2.29. The van der Waals surface area contributed by atoms with Gasteiger partial charge in [0, 0.05) is 19.0 Å². The van der Waals surface area contributed by atoms with Gasteiger partial charge in [-0.25, -0.2) is 4.98 Å². The van der Waals surface area contributed by atoms with Crippen LogP contribution in [0.15, 0.2) is 39.9 Å². The normalized spacial score (nSPS) is 11.4. The first-order chi connectivity index (χ1) is 13.3. The molecule has 3 N–H and O–H groups in total. The predicted octanol–water partition coefficient (Wildman–Crippen LogP) is 2.58. The van der Waals surface area contributed by atoms with Gasteiger partial charge in [0.2, 0.25) is 11.8 Å². The second-order valence-corrected chi connectivity index (χ2v) is 7.27. The van der Waals surface area contributed by atoms with E-state index in [9.17, 15) is 4.79 Å². The summed E-state index contributed by atoms with van der Waals surface area (Å²) < 4.78 is 10.8. The van der Waals surface area contributed by atoms with Gasteiger partial charge in [-0.15, -0.1) is 24.0 Å². The van der Waals surface area contributed by atoms with E-state index >= 15 is 0 Å². The van der Waals surface area contributed by atoms with Crippen molar-refractivity contribution >= 4 is 35.8 Å². The highest BCUT2D eigenvalue weighted by molar-refractivity contribution is 14.0. The topological polar surface area (TPSA) is 101 Å². The van der Waals surface area contributed by atoms with Crippen LogP contribution in [0.2, 0.25) is 0 Å². The quantitative estimate of drug-likeness (QED) is 0.298. The SMILES string of the molecule is CN=C(NCC(=O)NCc1ccc(OC)cc1)NCc1ncc(C(C)(C)C)o1.I. The molecule has 9 heteroatoms. The van der Waals surface area contributed by atoms with Crippen LogP contribution in [-0.2, 0) is 23.3 Å². The minimum atomic E-state index is -0.134. The summed E-state index contributed by atoms with van der Waals surface area (Å²) in [5.41, 5.74) is 0.905. The lowest BCUT2D eigenvalue weighted by Crippen LogP contribution is -2.42. The molecule has 1 heterocycles. The number of nitrogens with one attached hydrogen (secondary N) is 3. The van der Waals surface area contributed by atoms with Gasteiger partial charge in [-0.3, -0.25) is 9.79 Å². The average Bonchev–Trinajstić information content (AvgIpc) is 3.16. The minimum Gasteiger partial charge on any atom is -0.497 e. The van der Waals surface area contributed by atoms with Crippen LogP contribution in [0.1, 0.15) is 38.0 Å². The number of aliphatic imine (C=N–C) groups is 1. The van der Waals surface area contributed by atoms with Crippen LogP contribution in [0.4, 0.5) is 0 Å². The van der Waals surface area contributed by atoms with Gasteiger partial charge in [0.05, 0.1) is 26.4 Å². The summed E-state index contributed by atoms with van der Waals surface area (Å²) in [6.45, 7) is 7.13. The van der Waals surface area contributed by atoms with Crippen molar-refractivity contribution in [3.05, 3.63) is 47.7 Å². The predicted molar refractivity (Wildman–Crippen MR) is 124 cm³/mol. The first kappa shape index (κ1) is 24.7. The summed E-state index contributed by atoms with van der Waals surface area (Å²) >= 11 is 0. The van der Waals surface area contributed by atoms with Crippen molar-refractivity contribution in [2.75, 3.05) is 20.7 Å². The second-order valence-electron chi connectivity index (χ2n) is 7.27. The molecule has 0 saturated heterocycles. The maximum absolute atomic E-state index is 12.0. The zero-order valence-electron chi connectivity index (χ0n) is 17.5. The molecule has 0 atom stereocenters. The molecular formula is C20H30IN5O3. The van der Waals surface area contributed by atoms with E-state index in [1.54, 1.807) is 20.4 Å². The van der Waals surface area contributed by atoms with Crippen molar-refractivity contribution in [3.63, 3.8) is 0 Å². The number of benzene rings is 1. The second kappa shape index (κ2) is 11.6. The van der Waals surface area contributed by atoms with E-state index in [4.69, 9.17) is 9.15 Å². The van der Waals surface area contributed by atoms with E-state index in [0.717, 1.165) is 17.1 Å². The molecule has 0 aliphatic rings. The highest BCUT2D eigenvalue weighted by Gasteiger charge is 2.19. The Morgan fingerprint density at radius 1 is 1.14 bits per heavy atom. The van der Waals surface area contributed by atoms with E-state index < -0.39 is 0 Å². The number of rotatable bonds is 7. The molecular weight excluding hydrogens is 485 g/mol. The Morgan fingerprint density at radius 3 is 2.38 bits per heavy atom. The van der Waals surface area contributed by atoms with E-state index in [0.29, 0.717) is 24.9 Å². The summed E-state index contributed by atoms with van der Waals surface area (Å²) in [5, 5.41) is 8.90. The number of methoxy groups -OCH3 is 1.